The second-order valence-corrected chi connectivity index (χ2v) is 5.36. The van der Waals surface area contributed by atoms with E-state index < -0.39 is 23.2 Å². The third-order valence-corrected chi connectivity index (χ3v) is 3.07. The van der Waals surface area contributed by atoms with E-state index in [4.69, 9.17) is 4.74 Å². The van der Waals surface area contributed by atoms with Crippen molar-refractivity contribution in [3.8, 4) is 5.75 Å². The molecule has 0 bridgehead atoms. The van der Waals surface area contributed by atoms with Crippen molar-refractivity contribution >= 4 is 0 Å². The van der Waals surface area contributed by atoms with Crippen molar-refractivity contribution in [3.63, 3.8) is 0 Å². The third kappa shape index (κ3) is 2.14. The molecular formula is C13H16F2O2. The average Bonchev–Trinajstić information content (AvgIpc) is 2.52. The summed E-state index contributed by atoms with van der Waals surface area (Å²) in [6.45, 7) is 4.39. The normalized spacial score (nSPS) is 25.3. The summed E-state index contributed by atoms with van der Waals surface area (Å²) < 4.78 is 32.7. The molecule has 2 unspecified atom stereocenters. The first-order chi connectivity index (χ1) is 7.72. The zero-order valence-electron chi connectivity index (χ0n) is 10.1. The van der Waals surface area contributed by atoms with Gasteiger partial charge in [0.2, 0.25) is 0 Å². The van der Waals surface area contributed by atoms with Gasteiger partial charge in [-0.05, 0) is 32.4 Å². The van der Waals surface area contributed by atoms with Crippen LogP contribution in [0.5, 0.6) is 5.75 Å². The minimum Gasteiger partial charge on any atom is -0.484 e. The highest BCUT2D eigenvalue weighted by Gasteiger charge is 2.49. The van der Waals surface area contributed by atoms with Gasteiger partial charge in [-0.15, -0.1) is 0 Å². The molecule has 0 aliphatic carbocycles. The van der Waals surface area contributed by atoms with Crippen molar-refractivity contribution in [2.24, 2.45) is 0 Å². The van der Waals surface area contributed by atoms with E-state index in [0.29, 0.717) is 12.2 Å². The van der Waals surface area contributed by atoms with Crippen LogP contribution in [0.15, 0.2) is 18.2 Å². The lowest BCUT2D eigenvalue weighted by molar-refractivity contribution is -0.0918. The van der Waals surface area contributed by atoms with Crippen LogP contribution in [0, 0.1) is 5.82 Å². The van der Waals surface area contributed by atoms with Gasteiger partial charge in [0.25, 0.3) is 0 Å². The van der Waals surface area contributed by atoms with Crippen LogP contribution in [0.1, 0.15) is 26.3 Å². The standard InChI is InChI=1S/C13H16F2O2/c1-12(2,16)11(15)13(3)7-8-4-5-9(14)6-10(8)17-13/h4-6,11,16H,7H2,1-3H3. The van der Waals surface area contributed by atoms with E-state index in [1.807, 2.05) is 0 Å². The molecule has 0 radical (unpaired) electrons. The molecule has 2 rings (SSSR count). The summed E-state index contributed by atoms with van der Waals surface area (Å²) >= 11 is 0. The van der Waals surface area contributed by atoms with Gasteiger partial charge in [0.1, 0.15) is 17.2 Å². The Kier molecular flexibility index (Phi) is 2.65. The maximum absolute atomic E-state index is 14.2. The van der Waals surface area contributed by atoms with Gasteiger partial charge < -0.3 is 9.84 Å². The number of benzene rings is 1. The maximum atomic E-state index is 14.2. The molecule has 0 aromatic heterocycles. The SMILES string of the molecule is CC(C)(O)C(F)C1(C)Cc2ccc(F)cc2O1. The van der Waals surface area contributed by atoms with Crippen molar-refractivity contribution < 1.29 is 18.6 Å². The Morgan fingerprint density at radius 2 is 2.12 bits per heavy atom. The van der Waals surface area contributed by atoms with Crippen LogP contribution < -0.4 is 4.74 Å². The van der Waals surface area contributed by atoms with Crippen molar-refractivity contribution in [1.29, 1.82) is 0 Å². The second-order valence-electron chi connectivity index (χ2n) is 5.36. The van der Waals surface area contributed by atoms with E-state index in [1.165, 1.54) is 26.0 Å². The van der Waals surface area contributed by atoms with Crippen LogP contribution in [-0.2, 0) is 6.42 Å². The van der Waals surface area contributed by atoms with Crippen molar-refractivity contribution in [3.05, 3.63) is 29.6 Å². The number of aliphatic hydroxyl groups is 1. The van der Waals surface area contributed by atoms with Crippen molar-refractivity contribution in [2.75, 3.05) is 0 Å². The van der Waals surface area contributed by atoms with Crippen LogP contribution in [0.4, 0.5) is 8.78 Å². The highest BCUT2D eigenvalue weighted by Crippen LogP contribution is 2.40. The van der Waals surface area contributed by atoms with Gasteiger partial charge in [-0.3, -0.25) is 0 Å². The fourth-order valence-corrected chi connectivity index (χ4v) is 2.32. The fraction of sp³-hybridized carbons (Fsp3) is 0.538. The Morgan fingerprint density at radius 3 is 2.71 bits per heavy atom. The molecule has 94 valence electrons. The minimum atomic E-state index is -1.55. The minimum absolute atomic E-state index is 0.327. The summed E-state index contributed by atoms with van der Waals surface area (Å²) in [5, 5.41) is 9.72. The Labute approximate surface area is 99.2 Å². The summed E-state index contributed by atoms with van der Waals surface area (Å²) in [5.74, 6) is -0.0499. The van der Waals surface area contributed by atoms with E-state index >= 15 is 0 Å². The topological polar surface area (TPSA) is 29.5 Å². The largest absolute Gasteiger partial charge is 0.484 e. The molecule has 1 aromatic carbocycles. The number of halogens is 2. The van der Waals surface area contributed by atoms with Gasteiger partial charge in [-0.25, -0.2) is 8.78 Å². The van der Waals surface area contributed by atoms with Crippen LogP contribution in [0.3, 0.4) is 0 Å². The number of ether oxygens (including phenoxy) is 1. The van der Waals surface area contributed by atoms with Gasteiger partial charge in [0.15, 0.2) is 6.17 Å². The molecule has 0 spiro atoms. The Balaban J connectivity index is 2.29. The summed E-state index contributed by atoms with van der Waals surface area (Å²) in [7, 11) is 0. The number of hydrogen-bond donors (Lipinski definition) is 1. The molecule has 2 atom stereocenters. The average molecular weight is 242 g/mol. The first-order valence-electron chi connectivity index (χ1n) is 5.56. The van der Waals surface area contributed by atoms with Crippen LogP contribution >= 0.6 is 0 Å². The molecule has 0 saturated carbocycles. The molecule has 1 aliphatic rings. The van der Waals surface area contributed by atoms with Gasteiger partial charge in [-0.1, -0.05) is 6.07 Å². The first kappa shape index (κ1) is 12.3. The zero-order valence-corrected chi connectivity index (χ0v) is 10.1. The van der Waals surface area contributed by atoms with Gasteiger partial charge in [-0.2, -0.15) is 0 Å². The predicted molar refractivity (Wildman–Crippen MR) is 60.3 cm³/mol. The first-order valence-corrected chi connectivity index (χ1v) is 5.56. The van der Waals surface area contributed by atoms with Crippen molar-refractivity contribution in [1.82, 2.24) is 0 Å². The molecule has 1 heterocycles. The summed E-state index contributed by atoms with van der Waals surface area (Å²) in [6, 6.07) is 4.16. The highest BCUT2D eigenvalue weighted by molar-refractivity contribution is 5.40. The van der Waals surface area contributed by atoms with Crippen LogP contribution in [-0.4, -0.2) is 22.5 Å². The Hall–Kier alpha value is -1.16. The smallest absolute Gasteiger partial charge is 0.167 e. The molecule has 0 amide bonds. The number of hydrogen-bond acceptors (Lipinski definition) is 2. The van der Waals surface area contributed by atoms with E-state index in [0.717, 1.165) is 5.56 Å². The Bertz CT molecular complexity index is 440. The highest BCUT2D eigenvalue weighted by atomic mass is 19.1. The Morgan fingerprint density at radius 1 is 1.47 bits per heavy atom. The molecule has 17 heavy (non-hydrogen) atoms. The molecule has 0 fully saturated rings. The number of alkyl halides is 1. The lowest BCUT2D eigenvalue weighted by Gasteiger charge is -2.35. The zero-order chi connectivity index (χ0) is 12.8. The lowest BCUT2D eigenvalue weighted by atomic mass is 9.85. The van der Waals surface area contributed by atoms with E-state index in [-0.39, 0.29) is 0 Å². The third-order valence-electron chi connectivity index (χ3n) is 3.07. The van der Waals surface area contributed by atoms with Crippen LogP contribution in [0.25, 0.3) is 0 Å². The maximum Gasteiger partial charge on any atom is 0.167 e. The van der Waals surface area contributed by atoms with Gasteiger partial charge in [0.05, 0.1) is 5.60 Å². The van der Waals surface area contributed by atoms with E-state index in [2.05, 4.69) is 0 Å². The fourth-order valence-electron chi connectivity index (χ4n) is 2.32. The van der Waals surface area contributed by atoms with E-state index in [1.54, 1.807) is 13.0 Å². The molecule has 1 aromatic rings. The second kappa shape index (κ2) is 3.67. The number of fused-ring (bicyclic) bond motifs is 1. The van der Waals surface area contributed by atoms with Gasteiger partial charge >= 0.3 is 0 Å². The molecule has 4 heteroatoms. The predicted octanol–water partition coefficient (Wildman–Crippen LogP) is 2.63. The summed E-state index contributed by atoms with van der Waals surface area (Å²) in [4.78, 5) is 0. The van der Waals surface area contributed by atoms with Crippen molar-refractivity contribution in [2.45, 2.75) is 44.6 Å². The van der Waals surface area contributed by atoms with E-state index in [9.17, 15) is 13.9 Å². The van der Waals surface area contributed by atoms with Crippen LogP contribution in [0.2, 0.25) is 0 Å². The molecule has 1 aliphatic heterocycles. The summed E-state index contributed by atoms with van der Waals surface area (Å²) in [5.41, 5.74) is -1.87. The monoisotopic (exact) mass is 242 g/mol. The molecule has 2 nitrogen and oxygen atoms in total. The quantitative estimate of drug-likeness (QED) is 0.863. The number of rotatable bonds is 2. The molecule has 0 saturated heterocycles. The molecule has 1 N–H and O–H groups in total. The summed E-state index contributed by atoms with van der Waals surface area (Å²) in [6.07, 6.45) is -1.22. The lowest BCUT2D eigenvalue weighted by Crippen LogP contribution is -2.52. The molecular weight excluding hydrogens is 226 g/mol. The van der Waals surface area contributed by atoms with Gasteiger partial charge in [0, 0.05) is 12.5 Å².